The number of ether oxygens (including phenoxy) is 1. The van der Waals surface area contributed by atoms with E-state index in [9.17, 15) is 13.2 Å². The molecule has 3 rings (SSSR count). The van der Waals surface area contributed by atoms with Crippen LogP contribution in [0.2, 0.25) is 0 Å². The highest BCUT2D eigenvalue weighted by Crippen LogP contribution is 2.24. The first-order valence-corrected chi connectivity index (χ1v) is 10.1. The van der Waals surface area contributed by atoms with Gasteiger partial charge in [-0.3, -0.25) is 4.79 Å². The van der Waals surface area contributed by atoms with Crippen LogP contribution in [0.4, 0.5) is 5.69 Å². The Bertz CT molecular complexity index is 1080. The van der Waals surface area contributed by atoms with Gasteiger partial charge in [0.2, 0.25) is 10.0 Å². The van der Waals surface area contributed by atoms with Crippen molar-refractivity contribution in [2.24, 2.45) is 0 Å². The zero-order valence-corrected chi connectivity index (χ0v) is 16.3. The van der Waals surface area contributed by atoms with Crippen LogP contribution in [0.15, 0.2) is 77.7 Å². The van der Waals surface area contributed by atoms with E-state index in [1.165, 1.54) is 31.3 Å². The Morgan fingerprint density at radius 2 is 1.57 bits per heavy atom. The van der Waals surface area contributed by atoms with E-state index in [-0.39, 0.29) is 10.8 Å². The van der Waals surface area contributed by atoms with Gasteiger partial charge in [0.1, 0.15) is 11.5 Å². The number of carbonyl (C=O) groups excluding carboxylic acids is 1. The van der Waals surface area contributed by atoms with Crippen LogP contribution < -0.4 is 14.8 Å². The molecule has 2 N–H and O–H groups in total. The summed E-state index contributed by atoms with van der Waals surface area (Å²) in [5, 5.41) is 2.77. The van der Waals surface area contributed by atoms with Gasteiger partial charge in [0, 0.05) is 11.3 Å². The zero-order chi connectivity index (χ0) is 20.1. The average Bonchev–Trinajstić information content (AvgIpc) is 2.69. The molecule has 0 aliphatic rings. The van der Waals surface area contributed by atoms with Gasteiger partial charge in [-0.05, 0) is 80.2 Å². The molecule has 3 aromatic rings. The van der Waals surface area contributed by atoms with Gasteiger partial charge in [0.05, 0.1) is 4.90 Å². The van der Waals surface area contributed by atoms with E-state index < -0.39 is 10.0 Å². The summed E-state index contributed by atoms with van der Waals surface area (Å²) in [6.45, 7) is 1.99. The Hall–Kier alpha value is -3.16. The predicted molar refractivity (Wildman–Crippen MR) is 108 cm³/mol. The first kappa shape index (κ1) is 19.6. The summed E-state index contributed by atoms with van der Waals surface area (Å²) in [5.74, 6) is 1.07. The predicted octanol–water partition coefficient (Wildman–Crippen LogP) is 3.95. The maximum atomic E-state index is 12.4. The van der Waals surface area contributed by atoms with Crippen LogP contribution in [-0.2, 0) is 10.0 Å². The summed E-state index contributed by atoms with van der Waals surface area (Å²) in [6, 6.07) is 20.4. The number of sulfonamides is 1. The van der Waals surface area contributed by atoms with E-state index in [2.05, 4.69) is 10.0 Å². The molecule has 0 unspecified atom stereocenters. The van der Waals surface area contributed by atoms with Crippen LogP contribution in [0, 0.1) is 6.92 Å². The van der Waals surface area contributed by atoms with Crippen molar-refractivity contribution in [1.82, 2.24) is 4.72 Å². The molecule has 0 saturated heterocycles. The molecule has 28 heavy (non-hydrogen) atoms. The lowest BCUT2D eigenvalue weighted by Gasteiger charge is -2.09. The Kier molecular flexibility index (Phi) is 5.77. The molecule has 0 spiro atoms. The molecule has 0 radical (unpaired) electrons. The van der Waals surface area contributed by atoms with Crippen molar-refractivity contribution >= 4 is 21.6 Å². The van der Waals surface area contributed by atoms with Gasteiger partial charge < -0.3 is 10.1 Å². The third-order valence-electron chi connectivity index (χ3n) is 4.03. The third-order valence-corrected chi connectivity index (χ3v) is 5.46. The maximum Gasteiger partial charge on any atom is 0.255 e. The molecule has 0 atom stereocenters. The van der Waals surface area contributed by atoms with Gasteiger partial charge >= 0.3 is 0 Å². The quantitative estimate of drug-likeness (QED) is 0.661. The van der Waals surface area contributed by atoms with Crippen molar-refractivity contribution in [2.75, 3.05) is 12.4 Å². The topological polar surface area (TPSA) is 84.5 Å². The first-order chi connectivity index (χ1) is 13.4. The lowest BCUT2D eigenvalue weighted by Crippen LogP contribution is -2.19. The van der Waals surface area contributed by atoms with E-state index in [4.69, 9.17) is 4.74 Å². The fourth-order valence-electron chi connectivity index (χ4n) is 2.53. The molecule has 3 aromatic carbocycles. The number of carbonyl (C=O) groups is 1. The van der Waals surface area contributed by atoms with Crippen molar-refractivity contribution in [3.05, 3.63) is 83.9 Å². The number of hydrogen-bond acceptors (Lipinski definition) is 4. The fourth-order valence-corrected chi connectivity index (χ4v) is 3.26. The summed E-state index contributed by atoms with van der Waals surface area (Å²) >= 11 is 0. The van der Waals surface area contributed by atoms with Crippen molar-refractivity contribution < 1.29 is 17.9 Å². The minimum atomic E-state index is -3.53. The van der Waals surface area contributed by atoms with Crippen molar-refractivity contribution in [3.8, 4) is 11.5 Å². The second-order valence-electron chi connectivity index (χ2n) is 6.13. The van der Waals surface area contributed by atoms with Gasteiger partial charge in [-0.2, -0.15) is 0 Å². The van der Waals surface area contributed by atoms with Gasteiger partial charge in [0.25, 0.3) is 5.91 Å². The normalized spacial score (nSPS) is 11.1. The maximum absolute atomic E-state index is 12.4. The number of aryl methyl sites for hydroxylation is 1. The molecule has 0 aliphatic carbocycles. The second kappa shape index (κ2) is 8.24. The molecule has 0 heterocycles. The van der Waals surface area contributed by atoms with Crippen molar-refractivity contribution in [1.29, 1.82) is 0 Å². The van der Waals surface area contributed by atoms with E-state index in [1.807, 2.05) is 31.2 Å². The lowest BCUT2D eigenvalue weighted by molar-refractivity contribution is 0.102. The van der Waals surface area contributed by atoms with Gasteiger partial charge in [-0.15, -0.1) is 0 Å². The smallest absolute Gasteiger partial charge is 0.255 e. The SMILES string of the molecule is CNS(=O)(=O)c1ccc(C(=O)Nc2ccc(Oc3cccc(C)c3)cc2)cc1. The summed E-state index contributed by atoms with van der Waals surface area (Å²) in [5.41, 5.74) is 2.07. The molecule has 7 heteroatoms. The number of rotatable bonds is 6. The van der Waals surface area contributed by atoms with Crippen LogP contribution >= 0.6 is 0 Å². The minimum absolute atomic E-state index is 0.101. The van der Waals surface area contributed by atoms with Gasteiger partial charge in [0.15, 0.2) is 0 Å². The molecule has 0 aliphatic heterocycles. The summed E-state index contributed by atoms with van der Waals surface area (Å²) in [6.07, 6.45) is 0. The number of hydrogen-bond donors (Lipinski definition) is 2. The molecule has 1 amide bonds. The van der Waals surface area contributed by atoms with E-state index in [0.717, 1.165) is 11.3 Å². The summed E-state index contributed by atoms with van der Waals surface area (Å²) in [7, 11) is -2.19. The summed E-state index contributed by atoms with van der Waals surface area (Å²) in [4.78, 5) is 12.5. The number of amides is 1. The highest BCUT2D eigenvalue weighted by molar-refractivity contribution is 7.89. The van der Waals surface area contributed by atoms with Gasteiger partial charge in [-0.1, -0.05) is 12.1 Å². The van der Waals surface area contributed by atoms with Crippen LogP contribution in [0.5, 0.6) is 11.5 Å². The summed E-state index contributed by atoms with van der Waals surface area (Å²) < 4.78 is 31.5. The van der Waals surface area contributed by atoms with Crippen LogP contribution in [-0.4, -0.2) is 21.4 Å². The van der Waals surface area contributed by atoms with E-state index in [1.54, 1.807) is 24.3 Å². The minimum Gasteiger partial charge on any atom is -0.457 e. The Labute approximate surface area is 164 Å². The molecule has 6 nitrogen and oxygen atoms in total. The number of anilines is 1. The van der Waals surface area contributed by atoms with Crippen molar-refractivity contribution in [2.45, 2.75) is 11.8 Å². The Balaban J connectivity index is 1.66. The van der Waals surface area contributed by atoms with Crippen LogP contribution in [0.25, 0.3) is 0 Å². The Morgan fingerprint density at radius 3 is 2.18 bits per heavy atom. The fraction of sp³-hybridized carbons (Fsp3) is 0.0952. The third kappa shape index (κ3) is 4.76. The highest BCUT2D eigenvalue weighted by Gasteiger charge is 2.12. The molecule has 144 valence electrons. The zero-order valence-electron chi connectivity index (χ0n) is 15.5. The Morgan fingerprint density at radius 1 is 0.893 bits per heavy atom. The number of benzene rings is 3. The van der Waals surface area contributed by atoms with E-state index >= 15 is 0 Å². The molecular weight excluding hydrogens is 376 g/mol. The molecule has 0 fully saturated rings. The molecule has 0 saturated carbocycles. The van der Waals surface area contributed by atoms with Crippen molar-refractivity contribution in [3.63, 3.8) is 0 Å². The molecular formula is C21H20N2O4S. The average molecular weight is 396 g/mol. The van der Waals surface area contributed by atoms with E-state index in [0.29, 0.717) is 17.0 Å². The monoisotopic (exact) mass is 396 g/mol. The largest absolute Gasteiger partial charge is 0.457 e. The highest BCUT2D eigenvalue weighted by atomic mass is 32.2. The standard InChI is InChI=1S/C21H20N2O4S/c1-15-4-3-5-19(14-15)27-18-10-8-17(9-11-18)23-21(24)16-6-12-20(13-7-16)28(25,26)22-2/h3-14,22H,1-2H3,(H,23,24). The molecule has 0 bridgehead atoms. The second-order valence-corrected chi connectivity index (χ2v) is 8.02. The lowest BCUT2D eigenvalue weighted by atomic mass is 10.2. The van der Waals surface area contributed by atoms with Crippen LogP contribution in [0.1, 0.15) is 15.9 Å². The van der Waals surface area contributed by atoms with Gasteiger partial charge in [-0.25, -0.2) is 13.1 Å². The molecule has 0 aromatic heterocycles. The number of nitrogens with one attached hydrogen (secondary N) is 2. The van der Waals surface area contributed by atoms with Crippen LogP contribution in [0.3, 0.4) is 0 Å². The first-order valence-electron chi connectivity index (χ1n) is 8.57.